The quantitative estimate of drug-likeness (QED) is 0.245. The lowest BCUT2D eigenvalue weighted by molar-refractivity contribution is -0.123. The Kier molecular flexibility index (Phi) is 8.04. The number of aryl methyl sites for hydroxylation is 1. The average Bonchev–Trinajstić information content (AvgIpc) is 2.91. The number of rotatable bonds is 5. The van der Waals surface area contributed by atoms with Crippen LogP contribution < -0.4 is 10.2 Å². The van der Waals surface area contributed by atoms with Gasteiger partial charge in [-0.2, -0.15) is 5.01 Å². The molecule has 2 aromatic rings. The van der Waals surface area contributed by atoms with Gasteiger partial charge in [-0.1, -0.05) is 29.4 Å². The zero-order valence-corrected chi connectivity index (χ0v) is 22.5. The molecule has 0 spiro atoms. The van der Waals surface area contributed by atoms with Crippen LogP contribution in [-0.2, 0) is 4.79 Å². The molecule has 1 aliphatic rings. The molecule has 1 saturated heterocycles. The normalized spacial score (nSPS) is 15.1. The molecule has 1 aliphatic heterocycles. The molecule has 0 aliphatic carbocycles. The van der Waals surface area contributed by atoms with Crippen molar-refractivity contribution in [1.82, 2.24) is 10.4 Å². The topological polar surface area (TPSA) is 58.6 Å². The molecule has 0 radical (unpaired) electrons. The second kappa shape index (κ2) is 10.2. The van der Waals surface area contributed by atoms with E-state index in [0.29, 0.717) is 22.3 Å². The summed E-state index contributed by atoms with van der Waals surface area (Å²) in [5.74, 6) is -0.200. The molecule has 0 unspecified atom stereocenters. The first-order valence-corrected chi connectivity index (χ1v) is 12.4. The van der Waals surface area contributed by atoms with Gasteiger partial charge in [0.25, 0.3) is 11.8 Å². The van der Waals surface area contributed by atoms with Crippen molar-refractivity contribution in [1.29, 1.82) is 0 Å². The number of carbonyl (C=O) groups excluding carboxylic acids is 2. The van der Waals surface area contributed by atoms with Gasteiger partial charge >= 0.3 is 0 Å². The molecular formula is C20H15ClI2N2O3S2. The smallest absolute Gasteiger partial charge is 0.285 e. The molecule has 0 saturated carbocycles. The zero-order valence-electron chi connectivity index (χ0n) is 15.8. The Morgan fingerprint density at radius 1 is 1.33 bits per heavy atom. The minimum absolute atomic E-state index is 0.237. The molecule has 0 aromatic heterocycles. The Morgan fingerprint density at radius 2 is 2.07 bits per heavy atom. The summed E-state index contributed by atoms with van der Waals surface area (Å²) in [5, 5.41) is 1.38. The third-order valence-corrected chi connectivity index (χ3v) is 7.03. The van der Waals surface area contributed by atoms with Crippen LogP contribution >= 0.6 is 80.8 Å². The second-order valence-electron chi connectivity index (χ2n) is 6.18. The minimum atomic E-state index is -0.503. The third-order valence-electron chi connectivity index (χ3n) is 3.99. The van der Waals surface area contributed by atoms with Crippen molar-refractivity contribution in [3.05, 3.63) is 64.1 Å². The summed E-state index contributed by atoms with van der Waals surface area (Å²) in [6.45, 7) is 4.29. The highest BCUT2D eigenvalue weighted by atomic mass is 127. The second-order valence-corrected chi connectivity index (χ2v) is 10.7. The first-order chi connectivity index (χ1) is 14.2. The molecule has 3 rings (SSSR count). The van der Waals surface area contributed by atoms with Gasteiger partial charge in [-0.05, 0) is 107 Å². The lowest BCUT2D eigenvalue weighted by Crippen LogP contribution is -2.44. The van der Waals surface area contributed by atoms with Crippen LogP contribution in [0.1, 0.15) is 28.4 Å². The van der Waals surface area contributed by atoms with Crippen molar-refractivity contribution in [2.45, 2.75) is 13.8 Å². The van der Waals surface area contributed by atoms with Gasteiger partial charge in [-0.15, -0.1) is 0 Å². The van der Waals surface area contributed by atoms with Gasteiger partial charge in [0.05, 0.1) is 25.7 Å². The van der Waals surface area contributed by atoms with E-state index >= 15 is 0 Å². The summed E-state index contributed by atoms with van der Waals surface area (Å²) >= 11 is 17.0. The fourth-order valence-corrected chi connectivity index (χ4v) is 6.19. The fourth-order valence-electron chi connectivity index (χ4n) is 2.66. The van der Waals surface area contributed by atoms with Gasteiger partial charge < -0.3 is 4.74 Å². The van der Waals surface area contributed by atoms with E-state index in [4.69, 9.17) is 28.6 Å². The molecule has 0 atom stereocenters. The molecule has 1 fully saturated rings. The molecule has 10 heteroatoms. The van der Waals surface area contributed by atoms with Crippen LogP contribution in [0.3, 0.4) is 0 Å². The van der Waals surface area contributed by atoms with Gasteiger partial charge in [0.2, 0.25) is 0 Å². The van der Waals surface area contributed by atoms with Crippen LogP contribution in [0, 0.1) is 14.1 Å². The Bertz CT molecular complexity index is 1090. The van der Waals surface area contributed by atoms with Crippen molar-refractivity contribution in [3.63, 3.8) is 0 Å². The number of hydrogen-bond donors (Lipinski definition) is 1. The number of nitrogens with zero attached hydrogens (tertiary/aromatic N) is 1. The van der Waals surface area contributed by atoms with Gasteiger partial charge in [0.15, 0.2) is 4.32 Å². The van der Waals surface area contributed by atoms with E-state index in [1.165, 1.54) is 0 Å². The maximum Gasteiger partial charge on any atom is 0.285 e. The summed E-state index contributed by atoms with van der Waals surface area (Å²) in [5.41, 5.74) is 4.54. The summed E-state index contributed by atoms with van der Waals surface area (Å²) < 4.78 is 7.96. The number of ether oxygens (including phenoxy) is 1. The van der Waals surface area contributed by atoms with Crippen LogP contribution in [0.4, 0.5) is 0 Å². The largest absolute Gasteiger partial charge is 0.492 e. The van der Waals surface area contributed by atoms with Crippen molar-refractivity contribution in [3.8, 4) is 5.75 Å². The number of halogens is 3. The lowest BCUT2D eigenvalue weighted by atomic mass is 10.1. The highest BCUT2D eigenvalue weighted by Crippen LogP contribution is 2.36. The predicted octanol–water partition coefficient (Wildman–Crippen LogP) is 5.80. The SMILES string of the molecule is CCOc1c(I)cc(I)cc1/C=C1/SC(=S)N(NC(=O)c2ccc(C)cc2Cl)C1=O. The van der Waals surface area contributed by atoms with Crippen LogP contribution in [0.2, 0.25) is 5.02 Å². The van der Waals surface area contributed by atoms with Crippen LogP contribution in [0.5, 0.6) is 5.75 Å². The minimum Gasteiger partial charge on any atom is -0.492 e. The van der Waals surface area contributed by atoms with E-state index in [9.17, 15) is 9.59 Å². The highest BCUT2D eigenvalue weighted by Gasteiger charge is 2.34. The van der Waals surface area contributed by atoms with Gasteiger partial charge in [0, 0.05) is 9.13 Å². The van der Waals surface area contributed by atoms with Crippen LogP contribution in [0.15, 0.2) is 35.2 Å². The summed E-state index contributed by atoms with van der Waals surface area (Å²) in [6, 6.07) is 9.02. The molecule has 156 valence electrons. The van der Waals surface area contributed by atoms with Crippen molar-refractivity contribution < 1.29 is 14.3 Å². The molecule has 1 N–H and O–H groups in total. The van der Waals surface area contributed by atoms with Crippen molar-refractivity contribution in [2.24, 2.45) is 0 Å². The van der Waals surface area contributed by atoms with Gasteiger partial charge in [-0.3, -0.25) is 15.0 Å². The number of thiocarbonyl (C=S) groups is 1. The Morgan fingerprint density at radius 3 is 2.73 bits per heavy atom. The van der Waals surface area contributed by atoms with Gasteiger partial charge in [-0.25, -0.2) is 0 Å². The molecular weight excluding hydrogens is 670 g/mol. The van der Waals surface area contributed by atoms with E-state index in [1.54, 1.807) is 24.3 Å². The highest BCUT2D eigenvalue weighted by molar-refractivity contribution is 14.1. The van der Waals surface area contributed by atoms with Gasteiger partial charge in [0.1, 0.15) is 5.75 Å². The molecule has 30 heavy (non-hydrogen) atoms. The van der Waals surface area contributed by atoms with E-state index < -0.39 is 11.8 Å². The van der Waals surface area contributed by atoms with E-state index in [2.05, 4.69) is 50.6 Å². The number of hydrazine groups is 1. The number of nitrogens with one attached hydrogen (secondary N) is 1. The Hall–Kier alpha value is -0.890. The predicted molar refractivity (Wildman–Crippen MR) is 142 cm³/mol. The summed E-state index contributed by atoms with van der Waals surface area (Å²) in [4.78, 5) is 25.9. The van der Waals surface area contributed by atoms with E-state index in [0.717, 1.165) is 35.0 Å². The maximum atomic E-state index is 12.9. The average molecular weight is 685 g/mol. The van der Waals surface area contributed by atoms with E-state index in [-0.39, 0.29) is 9.88 Å². The molecule has 1 heterocycles. The van der Waals surface area contributed by atoms with Crippen molar-refractivity contribution >= 4 is 103 Å². The molecule has 5 nitrogen and oxygen atoms in total. The first-order valence-electron chi connectivity index (χ1n) is 8.68. The number of carbonyl (C=O) groups is 2. The lowest BCUT2D eigenvalue weighted by Gasteiger charge is -2.16. The number of benzene rings is 2. The Balaban J connectivity index is 1.87. The van der Waals surface area contributed by atoms with E-state index in [1.807, 2.05) is 26.0 Å². The monoisotopic (exact) mass is 684 g/mol. The number of thioether (sulfide) groups is 1. The number of hydrogen-bond acceptors (Lipinski definition) is 5. The van der Waals surface area contributed by atoms with Crippen molar-refractivity contribution in [2.75, 3.05) is 6.61 Å². The summed E-state index contributed by atoms with van der Waals surface area (Å²) in [6.07, 6.45) is 1.74. The number of amides is 2. The third kappa shape index (κ3) is 5.29. The molecule has 2 aromatic carbocycles. The maximum absolute atomic E-state index is 12.9. The molecule has 2 amide bonds. The molecule has 0 bridgehead atoms. The first kappa shape index (κ1) is 23.8. The van der Waals surface area contributed by atoms with Crippen LogP contribution in [-0.4, -0.2) is 27.8 Å². The zero-order chi connectivity index (χ0) is 22.0. The summed E-state index contributed by atoms with van der Waals surface area (Å²) in [7, 11) is 0. The fraction of sp³-hybridized carbons (Fsp3) is 0.150. The van der Waals surface area contributed by atoms with Crippen LogP contribution in [0.25, 0.3) is 6.08 Å². The standard InChI is InChI=1S/C20H15ClI2N2O3S2/c1-3-28-17-11(7-12(22)9-15(17)23)8-16-19(27)25(20(29)30-16)24-18(26)13-5-4-10(2)6-14(13)21/h4-9H,3H2,1-2H3,(H,24,26)/b16-8+. The Labute approximate surface area is 216 Å².